The maximum absolute atomic E-state index is 5.33. The van der Waals surface area contributed by atoms with Gasteiger partial charge in [-0.25, -0.2) is 4.36 Å². The average molecular weight is 653 g/mol. The van der Waals surface area contributed by atoms with Gasteiger partial charge in [-0.3, -0.25) is 0 Å². The maximum Gasteiger partial charge on any atom is 0.140 e. The first-order valence-electron chi connectivity index (χ1n) is 15.4. The van der Waals surface area contributed by atoms with E-state index in [0.717, 1.165) is 14.1 Å². The van der Waals surface area contributed by atoms with Gasteiger partial charge in [-0.2, -0.15) is 0 Å². The van der Waals surface area contributed by atoms with Crippen LogP contribution >= 0.6 is 36.2 Å². The molecule has 6 radical (unpaired) electrons. The molecule has 3 rings (SSSR count). The van der Waals surface area contributed by atoms with Gasteiger partial charge in [0.15, 0.2) is 0 Å². The monoisotopic (exact) mass is 652 g/mol. The fraction of sp³-hybridized carbons (Fsp3) is 0.588. The molecular weight excluding hydrogens is 586 g/mol. The van der Waals surface area contributed by atoms with Crippen molar-refractivity contribution in [3.05, 3.63) is 71.8 Å². The molecule has 242 valence electrons. The van der Waals surface area contributed by atoms with Crippen molar-refractivity contribution in [3.8, 4) is 0 Å². The van der Waals surface area contributed by atoms with E-state index in [1.54, 1.807) is 0 Å². The number of nitrogens with one attached hydrogen (secondary N) is 1. The zero-order valence-corrected chi connectivity index (χ0v) is 33.9. The number of rotatable bonds is 3. The van der Waals surface area contributed by atoms with E-state index < -0.39 is 0 Å². The van der Waals surface area contributed by atoms with Gasteiger partial charge in [0, 0.05) is 29.3 Å². The Kier molecular flexibility index (Phi) is 85.0. The van der Waals surface area contributed by atoms with E-state index in [2.05, 4.69) is 41.2 Å². The Labute approximate surface area is 290 Å². The highest BCUT2D eigenvalue weighted by Crippen LogP contribution is 2.34. The number of nitrogens with zero attached hydrogens (tertiary/aromatic N) is 1. The SMILES string of the molecule is CC.CC.CC.CC.CC.CC.CC.CC.CC(N=S)c1ccccc1.CC1(c2ccccc2)NC(=S)SC1=S.[B].[B]. The molecule has 0 aromatic heterocycles. The second kappa shape index (κ2) is 55.8. The van der Waals surface area contributed by atoms with E-state index >= 15 is 0 Å². The molecule has 8 heteroatoms. The third kappa shape index (κ3) is 31.8. The zero-order valence-electron chi connectivity index (χ0n) is 30.6. The third-order valence-electron chi connectivity index (χ3n) is 3.74. The molecule has 2 atom stereocenters. The molecule has 2 nitrogen and oxygen atoms in total. The first-order chi connectivity index (χ1) is 19.5. The van der Waals surface area contributed by atoms with Crippen molar-refractivity contribution in [1.82, 2.24) is 5.32 Å². The van der Waals surface area contributed by atoms with E-state index in [-0.39, 0.29) is 28.4 Å². The molecule has 0 saturated carbocycles. The lowest BCUT2D eigenvalue weighted by Gasteiger charge is -2.24. The minimum absolute atomic E-state index is 0. The van der Waals surface area contributed by atoms with Gasteiger partial charge >= 0.3 is 0 Å². The van der Waals surface area contributed by atoms with Gasteiger partial charge in [0.25, 0.3) is 0 Å². The van der Waals surface area contributed by atoms with Crippen molar-refractivity contribution in [1.29, 1.82) is 0 Å². The van der Waals surface area contributed by atoms with E-state index in [4.69, 9.17) is 24.4 Å². The second-order valence-electron chi connectivity index (χ2n) is 5.49. The molecule has 1 saturated heterocycles. The van der Waals surface area contributed by atoms with Gasteiger partial charge < -0.3 is 5.32 Å². The largest absolute Gasteiger partial charge is 0.356 e. The van der Waals surface area contributed by atoms with Gasteiger partial charge in [-0.05, 0) is 25.0 Å². The number of hydrogen-bond acceptors (Lipinski definition) is 5. The molecule has 1 fully saturated rings. The Morgan fingerprint density at radius 3 is 1.19 bits per heavy atom. The highest BCUT2D eigenvalue weighted by molar-refractivity contribution is 8.38. The van der Waals surface area contributed by atoms with Crippen LogP contribution in [0.1, 0.15) is 142 Å². The fourth-order valence-corrected chi connectivity index (χ4v) is 4.17. The van der Waals surface area contributed by atoms with Crippen LogP contribution in [-0.2, 0) is 18.0 Å². The lowest BCUT2D eigenvalue weighted by atomic mass is 9.94. The molecule has 1 aliphatic heterocycles. The maximum atomic E-state index is 5.33. The molecular formula is C34H66B2N2S4. The molecule has 1 N–H and O–H groups in total. The standard InChI is InChI=1S/C10H9NS3.C8H9NS.8C2H6.2B/c1-10(7-5-3-2-4-6-7)8(12)14-9(13)11-10;1-7(9-10)8-5-3-2-4-6-8;8*1-2;;/h2-6H,1H3,(H,11,13);2-7H,1H3;8*1-2H3;;. The molecule has 0 spiro atoms. The van der Waals surface area contributed by atoms with Crippen molar-refractivity contribution < 1.29 is 0 Å². The Morgan fingerprint density at radius 2 is 0.929 bits per heavy atom. The molecule has 0 bridgehead atoms. The number of hydrogen-bond donors (Lipinski definition) is 1. The predicted octanol–water partition coefficient (Wildman–Crippen LogP) is 12.8. The van der Waals surface area contributed by atoms with Crippen LogP contribution in [0.25, 0.3) is 0 Å². The van der Waals surface area contributed by atoms with Crippen LogP contribution in [0.15, 0.2) is 65.0 Å². The Morgan fingerprint density at radius 1 is 0.619 bits per heavy atom. The lowest BCUT2D eigenvalue weighted by molar-refractivity contribution is 0.625. The summed E-state index contributed by atoms with van der Waals surface area (Å²) in [5, 5.41) is 3.25. The number of thiocarbonyl (C=S) groups is 2. The van der Waals surface area contributed by atoms with Gasteiger partial charge in [0.2, 0.25) is 0 Å². The van der Waals surface area contributed by atoms with Gasteiger partial charge in [-0.1, -0.05) is 208 Å². The number of benzene rings is 2. The molecule has 2 aromatic rings. The topological polar surface area (TPSA) is 24.4 Å². The summed E-state index contributed by atoms with van der Waals surface area (Å²) in [6, 6.07) is 20.3. The van der Waals surface area contributed by atoms with Crippen molar-refractivity contribution in [2.45, 2.75) is 136 Å². The third-order valence-corrected chi connectivity index (χ3v) is 5.94. The van der Waals surface area contributed by atoms with E-state index in [9.17, 15) is 0 Å². The van der Waals surface area contributed by atoms with E-state index in [0.29, 0.717) is 0 Å². The first kappa shape index (κ1) is 64.0. The van der Waals surface area contributed by atoms with Crippen LogP contribution in [0.2, 0.25) is 0 Å². The highest BCUT2D eigenvalue weighted by Gasteiger charge is 2.38. The van der Waals surface area contributed by atoms with Crippen molar-refractivity contribution in [2.75, 3.05) is 0 Å². The van der Waals surface area contributed by atoms with Crippen LogP contribution in [-0.4, -0.2) is 25.3 Å². The second-order valence-corrected chi connectivity index (χ2v) is 8.05. The summed E-state index contributed by atoms with van der Waals surface area (Å²) in [6.07, 6.45) is 0. The predicted molar refractivity (Wildman–Crippen MR) is 217 cm³/mol. The van der Waals surface area contributed by atoms with Gasteiger partial charge in [-0.15, -0.1) is 0 Å². The Balaban J connectivity index is -0.0000000494. The average Bonchev–Trinajstić information content (AvgIpc) is 3.36. The number of thioether (sulfide) groups is 1. The van der Waals surface area contributed by atoms with Crippen molar-refractivity contribution in [3.63, 3.8) is 0 Å². The van der Waals surface area contributed by atoms with Crippen LogP contribution in [0, 0.1) is 0 Å². The zero-order chi connectivity index (χ0) is 33.6. The van der Waals surface area contributed by atoms with Crippen LogP contribution in [0.4, 0.5) is 0 Å². The van der Waals surface area contributed by atoms with Crippen molar-refractivity contribution >= 4 is 74.0 Å². The summed E-state index contributed by atoms with van der Waals surface area (Å²) in [4.78, 5) is 0. The lowest BCUT2D eigenvalue weighted by Crippen LogP contribution is -2.39. The quantitative estimate of drug-likeness (QED) is 0.263. The molecule has 0 amide bonds. The summed E-state index contributed by atoms with van der Waals surface area (Å²) in [5.41, 5.74) is 2.06. The summed E-state index contributed by atoms with van der Waals surface area (Å²) in [7, 11) is 0. The minimum atomic E-state index is -0.279. The molecule has 2 unspecified atom stereocenters. The summed E-state index contributed by atoms with van der Waals surface area (Å²) in [6.45, 7) is 36.1. The highest BCUT2D eigenvalue weighted by atomic mass is 32.2. The molecule has 42 heavy (non-hydrogen) atoms. The molecule has 0 aliphatic carbocycles. The van der Waals surface area contributed by atoms with Gasteiger partial charge in [0.05, 0.1) is 10.2 Å². The Hall–Kier alpha value is -1.08. The first-order valence-corrected chi connectivity index (χ1v) is 17.4. The van der Waals surface area contributed by atoms with E-state index in [1.807, 2.05) is 166 Å². The van der Waals surface area contributed by atoms with Crippen LogP contribution < -0.4 is 5.32 Å². The van der Waals surface area contributed by atoms with Gasteiger partial charge in [0.1, 0.15) is 9.86 Å². The van der Waals surface area contributed by atoms with Crippen LogP contribution in [0.5, 0.6) is 0 Å². The molecule has 1 aliphatic rings. The summed E-state index contributed by atoms with van der Waals surface area (Å²) in [5.74, 6) is 0. The minimum Gasteiger partial charge on any atom is -0.356 e. The van der Waals surface area contributed by atoms with Crippen LogP contribution in [0.3, 0.4) is 0 Å². The summed E-state index contributed by atoms with van der Waals surface area (Å²) >= 11 is 16.5. The molecule has 1 heterocycles. The normalized spacial score (nSPS) is 12.9. The molecule has 2 aromatic carbocycles. The smallest absolute Gasteiger partial charge is 0.140 e. The Bertz CT molecular complexity index is 735. The van der Waals surface area contributed by atoms with E-state index in [1.165, 1.54) is 17.3 Å². The fourth-order valence-electron chi connectivity index (χ4n) is 2.22. The summed E-state index contributed by atoms with van der Waals surface area (Å²) < 4.78 is 5.40. The van der Waals surface area contributed by atoms with Crippen molar-refractivity contribution in [2.24, 2.45) is 4.36 Å².